The third-order valence-corrected chi connectivity index (χ3v) is 3.92. The number of benzene rings is 1. The standard InChI is InChI=1S/C18H22F3N3O2/c1-26-15-8-6-7-13-14(9-12-23-16(13)15)22-10-4-2-3-5-11-24-17(25)18(19,20)21/h6-9,12H,2-5,10-11H2,1H3,(H,22,23)(H,24,25). The molecule has 1 amide bonds. The van der Waals surface area contributed by atoms with Gasteiger partial charge in [0.05, 0.1) is 7.11 Å². The minimum Gasteiger partial charge on any atom is -0.494 e. The minimum absolute atomic E-state index is 0.0422. The molecule has 0 aliphatic carbocycles. The summed E-state index contributed by atoms with van der Waals surface area (Å²) in [6.07, 6.45) is -0.0688. The van der Waals surface area contributed by atoms with E-state index in [0.717, 1.165) is 42.4 Å². The molecule has 0 bridgehead atoms. The van der Waals surface area contributed by atoms with Gasteiger partial charge in [-0.3, -0.25) is 9.78 Å². The molecule has 0 aliphatic rings. The van der Waals surface area contributed by atoms with Crippen LogP contribution in [-0.4, -0.2) is 37.3 Å². The Hall–Kier alpha value is -2.51. The lowest BCUT2D eigenvalue weighted by Gasteiger charge is -2.11. The van der Waals surface area contributed by atoms with Gasteiger partial charge in [-0.2, -0.15) is 13.2 Å². The molecule has 0 saturated heterocycles. The number of fused-ring (bicyclic) bond motifs is 1. The van der Waals surface area contributed by atoms with Gasteiger partial charge in [-0.1, -0.05) is 25.0 Å². The van der Waals surface area contributed by atoms with E-state index >= 15 is 0 Å². The number of hydrogen-bond donors (Lipinski definition) is 2. The maximum absolute atomic E-state index is 12.0. The third kappa shape index (κ3) is 5.50. The highest BCUT2D eigenvalue weighted by atomic mass is 19.4. The molecule has 5 nitrogen and oxygen atoms in total. The number of rotatable bonds is 9. The van der Waals surface area contributed by atoms with Crippen molar-refractivity contribution >= 4 is 22.5 Å². The SMILES string of the molecule is COc1cccc2c(NCCCCCCNC(=O)C(F)(F)F)ccnc12. The molecular weight excluding hydrogens is 347 g/mol. The van der Waals surface area contributed by atoms with Crippen LogP contribution in [0.2, 0.25) is 0 Å². The Morgan fingerprint density at radius 1 is 1.12 bits per heavy atom. The van der Waals surface area contributed by atoms with Crippen molar-refractivity contribution in [3.8, 4) is 5.75 Å². The molecule has 8 heteroatoms. The molecule has 142 valence electrons. The first kappa shape index (κ1) is 19.8. The average Bonchev–Trinajstić information content (AvgIpc) is 2.62. The van der Waals surface area contributed by atoms with Crippen molar-refractivity contribution in [3.63, 3.8) is 0 Å². The first-order chi connectivity index (χ1) is 12.4. The summed E-state index contributed by atoms with van der Waals surface area (Å²) in [5.41, 5.74) is 1.76. The summed E-state index contributed by atoms with van der Waals surface area (Å²) >= 11 is 0. The topological polar surface area (TPSA) is 63.2 Å². The summed E-state index contributed by atoms with van der Waals surface area (Å²) in [6.45, 7) is 0.784. The van der Waals surface area contributed by atoms with Crippen LogP contribution in [0, 0.1) is 0 Å². The smallest absolute Gasteiger partial charge is 0.471 e. The van der Waals surface area contributed by atoms with E-state index in [1.807, 2.05) is 29.6 Å². The molecule has 0 aliphatic heterocycles. The summed E-state index contributed by atoms with van der Waals surface area (Å²) < 4.78 is 41.3. The summed E-state index contributed by atoms with van der Waals surface area (Å²) in [4.78, 5) is 15.0. The highest BCUT2D eigenvalue weighted by molar-refractivity contribution is 5.94. The third-order valence-electron chi connectivity index (χ3n) is 3.92. The van der Waals surface area contributed by atoms with E-state index in [1.54, 1.807) is 13.3 Å². The van der Waals surface area contributed by atoms with Gasteiger partial charge in [-0.05, 0) is 25.0 Å². The molecule has 0 unspecified atom stereocenters. The predicted molar refractivity (Wildman–Crippen MR) is 94.3 cm³/mol. The maximum atomic E-state index is 12.0. The first-order valence-corrected chi connectivity index (χ1v) is 8.44. The number of pyridine rings is 1. The quantitative estimate of drug-likeness (QED) is 0.658. The van der Waals surface area contributed by atoms with Gasteiger partial charge in [-0.15, -0.1) is 0 Å². The van der Waals surface area contributed by atoms with Gasteiger partial charge in [0.15, 0.2) is 0 Å². The van der Waals surface area contributed by atoms with Crippen LogP contribution < -0.4 is 15.4 Å². The number of halogens is 3. The van der Waals surface area contributed by atoms with Crippen LogP contribution in [0.3, 0.4) is 0 Å². The van der Waals surface area contributed by atoms with E-state index < -0.39 is 12.1 Å². The van der Waals surface area contributed by atoms with E-state index in [-0.39, 0.29) is 6.54 Å². The zero-order valence-electron chi connectivity index (χ0n) is 14.5. The summed E-state index contributed by atoms with van der Waals surface area (Å²) in [5, 5.41) is 6.20. The molecule has 2 N–H and O–H groups in total. The number of para-hydroxylation sites is 1. The van der Waals surface area contributed by atoms with E-state index in [2.05, 4.69) is 10.3 Å². The zero-order chi connectivity index (χ0) is 19.0. The summed E-state index contributed by atoms with van der Waals surface area (Å²) in [7, 11) is 1.60. The molecule has 0 fully saturated rings. The normalized spacial score (nSPS) is 11.4. The number of amides is 1. The lowest BCUT2D eigenvalue weighted by Crippen LogP contribution is -2.37. The van der Waals surface area contributed by atoms with Gasteiger partial charge in [0.1, 0.15) is 11.3 Å². The number of carbonyl (C=O) groups is 1. The zero-order valence-corrected chi connectivity index (χ0v) is 14.5. The van der Waals surface area contributed by atoms with E-state index in [9.17, 15) is 18.0 Å². The highest BCUT2D eigenvalue weighted by Gasteiger charge is 2.38. The van der Waals surface area contributed by atoms with Gasteiger partial charge in [-0.25, -0.2) is 0 Å². The number of nitrogens with one attached hydrogen (secondary N) is 2. The van der Waals surface area contributed by atoms with Crippen molar-refractivity contribution in [2.45, 2.75) is 31.9 Å². The predicted octanol–water partition coefficient (Wildman–Crippen LogP) is 3.89. The number of ether oxygens (including phenoxy) is 1. The summed E-state index contributed by atoms with van der Waals surface area (Å²) in [5.74, 6) is -1.16. The van der Waals surface area contributed by atoms with Gasteiger partial charge >= 0.3 is 12.1 Å². The van der Waals surface area contributed by atoms with Gasteiger partial charge in [0.2, 0.25) is 0 Å². The molecular formula is C18H22F3N3O2. The molecule has 1 aromatic carbocycles. The lowest BCUT2D eigenvalue weighted by molar-refractivity contribution is -0.173. The van der Waals surface area contributed by atoms with Crippen molar-refractivity contribution in [2.24, 2.45) is 0 Å². The second-order valence-electron chi connectivity index (χ2n) is 5.81. The second kappa shape index (κ2) is 9.26. The van der Waals surface area contributed by atoms with Crippen LogP contribution >= 0.6 is 0 Å². The van der Waals surface area contributed by atoms with E-state index in [1.165, 1.54) is 0 Å². The second-order valence-corrected chi connectivity index (χ2v) is 5.81. The van der Waals surface area contributed by atoms with Crippen molar-refractivity contribution in [1.82, 2.24) is 10.3 Å². The fraction of sp³-hybridized carbons (Fsp3) is 0.444. The molecule has 26 heavy (non-hydrogen) atoms. The van der Waals surface area contributed by atoms with Crippen LogP contribution in [0.5, 0.6) is 5.75 Å². The lowest BCUT2D eigenvalue weighted by atomic mass is 10.1. The monoisotopic (exact) mass is 369 g/mol. The molecule has 0 atom stereocenters. The molecule has 2 rings (SSSR count). The number of methoxy groups -OCH3 is 1. The van der Waals surface area contributed by atoms with Crippen molar-refractivity contribution in [3.05, 3.63) is 30.5 Å². The molecule has 0 radical (unpaired) electrons. The fourth-order valence-electron chi connectivity index (χ4n) is 2.60. The van der Waals surface area contributed by atoms with Crippen LogP contribution in [0.25, 0.3) is 10.9 Å². The van der Waals surface area contributed by atoms with Crippen molar-refractivity contribution in [2.75, 3.05) is 25.5 Å². The fourth-order valence-corrected chi connectivity index (χ4v) is 2.60. The van der Waals surface area contributed by atoms with Crippen LogP contribution in [0.1, 0.15) is 25.7 Å². The largest absolute Gasteiger partial charge is 0.494 e. The number of hydrogen-bond acceptors (Lipinski definition) is 4. The van der Waals surface area contributed by atoms with Crippen LogP contribution in [-0.2, 0) is 4.79 Å². The van der Waals surface area contributed by atoms with Crippen LogP contribution in [0.4, 0.5) is 18.9 Å². The Morgan fingerprint density at radius 3 is 2.54 bits per heavy atom. The maximum Gasteiger partial charge on any atom is 0.471 e. The van der Waals surface area contributed by atoms with Gasteiger partial charge in [0, 0.05) is 30.4 Å². The Kier molecular flexibility index (Phi) is 7.06. The Labute approximate surface area is 149 Å². The number of anilines is 1. The molecule has 1 aromatic heterocycles. The Morgan fingerprint density at radius 2 is 1.85 bits per heavy atom. The first-order valence-electron chi connectivity index (χ1n) is 8.44. The molecule has 1 heterocycles. The number of unbranched alkanes of at least 4 members (excludes halogenated alkanes) is 3. The van der Waals surface area contributed by atoms with E-state index in [0.29, 0.717) is 12.2 Å². The number of nitrogens with zero attached hydrogens (tertiary/aromatic N) is 1. The minimum atomic E-state index is -4.81. The van der Waals surface area contributed by atoms with Crippen molar-refractivity contribution < 1.29 is 22.7 Å². The van der Waals surface area contributed by atoms with Crippen LogP contribution in [0.15, 0.2) is 30.5 Å². The van der Waals surface area contributed by atoms with Crippen molar-refractivity contribution in [1.29, 1.82) is 0 Å². The number of carbonyl (C=O) groups excluding carboxylic acids is 1. The Bertz CT molecular complexity index is 735. The molecule has 0 saturated carbocycles. The Balaban J connectivity index is 1.69. The number of alkyl halides is 3. The highest BCUT2D eigenvalue weighted by Crippen LogP contribution is 2.28. The number of aromatic nitrogens is 1. The molecule has 2 aromatic rings. The van der Waals surface area contributed by atoms with Gasteiger partial charge < -0.3 is 15.4 Å². The van der Waals surface area contributed by atoms with E-state index in [4.69, 9.17) is 4.74 Å². The average molecular weight is 369 g/mol. The molecule has 0 spiro atoms. The van der Waals surface area contributed by atoms with Gasteiger partial charge in [0.25, 0.3) is 0 Å². The summed E-state index contributed by atoms with van der Waals surface area (Å²) in [6, 6.07) is 7.63.